The van der Waals surface area contributed by atoms with Gasteiger partial charge in [0.15, 0.2) is 5.78 Å². The second-order valence-electron chi connectivity index (χ2n) is 4.70. The Balaban J connectivity index is 2.96. The van der Waals surface area contributed by atoms with Crippen LogP contribution in [0.2, 0.25) is 0 Å². The molecule has 1 atom stereocenters. The molecule has 0 radical (unpaired) electrons. The molecule has 3 nitrogen and oxygen atoms in total. The summed E-state index contributed by atoms with van der Waals surface area (Å²) in [5, 5.41) is 0. The molecule has 1 aromatic rings. The van der Waals surface area contributed by atoms with Crippen LogP contribution in [0.1, 0.15) is 36.7 Å². The van der Waals surface area contributed by atoms with Crippen LogP contribution in [0.3, 0.4) is 0 Å². The highest BCUT2D eigenvalue weighted by molar-refractivity contribution is 6.08. The molecule has 0 saturated carbocycles. The van der Waals surface area contributed by atoms with Crippen LogP contribution in [0.4, 0.5) is 0 Å². The van der Waals surface area contributed by atoms with Gasteiger partial charge in [-0.25, -0.2) is 0 Å². The average Bonchev–Trinajstić information content (AvgIpc) is 2.29. The maximum absolute atomic E-state index is 12.3. The van der Waals surface area contributed by atoms with E-state index < -0.39 is 11.9 Å². The van der Waals surface area contributed by atoms with Gasteiger partial charge in [-0.2, -0.15) is 0 Å². The fourth-order valence-electron chi connectivity index (χ4n) is 1.81. The van der Waals surface area contributed by atoms with Crippen LogP contribution in [0, 0.1) is 18.8 Å². The predicted octanol–water partition coefficient (Wildman–Crippen LogP) is 3.01. The number of hydrogen-bond acceptors (Lipinski definition) is 3. The van der Waals surface area contributed by atoms with Gasteiger partial charge >= 0.3 is 5.97 Å². The zero-order valence-electron chi connectivity index (χ0n) is 11.4. The summed E-state index contributed by atoms with van der Waals surface area (Å²) in [4.78, 5) is 24.1. The number of benzene rings is 1. The molecule has 0 fully saturated rings. The number of rotatable bonds is 5. The van der Waals surface area contributed by atoms with Gasteiger partial charge in [0.2, 0.25) is 0 Å². The minimum atomic E-state index is -0.715. The number of aryl methyl sites for hydroxylation is 1. The van der Waals surface area contributed by atoms with E-state index in [4.69, 9.17) is 4.74 Å². The molecule has 0 aliphatic heterocycles. The first-order valence-corrected chi connectivity index (χ1v) is 6.24. The standard InChI is InChI=1S/C15H20O3/c1-5-18-15(17)13(10(2)3)14(16)12-8-6-11(4)7-9-12/h6-10,13H,5H2,1-4H3. The molecule has 0 aliphatic carbocycles. The Morgan fingerprint density at radius 3 is 2.17 bits per heavy atom. The molecule has 1 rings (SSSR count). The molecule has 0 spiro atoms. The van der Waals surface area contributed by atoms with Crippen LogP contribution in [-0.2, 0) is 9.53 Å². The Morgan fingerprint density at radius 1 is 1.17 bits per heavy atom. The van der Waals surface area contributed by atoms with E-state index in [1.165, 1.54) is 0 Å². The highest BCUT2D eigenvalue weighted by Gasteiger charge is 2.31. The lowest BCUT2D eigenvalue weighted by molar-refractivity contribution is -0.147. The lowest BCUT2D eigenvalue weighted by atomic mass is 9.88. The van der Waals surface area contributed by atoms with Crippen molar-refractivity contribution >= 4 is 11.8 Å². The van der Waals surface area contributed by atoms with Crippen LogP contribution < -0.4 is 0 Å². The van der Waals surface area contributed by atoms with Crippen molar-refractivity contribution in [3.8, 4) is 0 Å². The van der Waals surface area contributed by atoms with E-state index in [-0.39, 0.29) is 11.7 Å². The number of Topliss-reactive ketones (excluding diaryl/α,β-unsaturated/α-hetero) is 1. The molecule has 0 amide bonds. The quantitative estimate of drug-likeness (QED) is 0.457. The molecule has 0 heterocycles. The lowest BCUT2D eigenvalue weighted by Crippen LogP contribution is -2.30. The second-order valence-corrected chi connectivity index (χ2v) is 4.70. The van der Waals surface area contributed by atoms with Gasteiger partial charge in [-0.15, -0.1) is 0 Å². The summed E-state index contributed by atoms with van der Waals surface area (Å²) in [5.41, 5.74) is 1.65. The van der Waals surface area contributed by atoms with Crippen LogP contribution in [0.5, 0.6) is 0 Å². The van der Waals surface area contributed by atoms with Crippen molar-refractivity contribution < 1.29 is 14.3 Å². The normalized spacial score (nSPS) is 12.3. The van der Waals surface area contributed by atoms with E-state index in [1.54, 1.807) is 19.1 Å². The summed E-state index contributed by atoms with van der Waals surface area (Å²) in [6, 6.07) is 7.25. The first-order valence-electron chi connectivity index (χ1n) is 6.24. The summed E-state index contributed by atoms with van der Waals surface area (Å²) in [6.45, 7) is 7.70. The highest BCUT2D eigenvalue weighted by atomic mass is 16.5. The third-order valence-corrected chi connectivity index (χ3v) is 2.83. The number of ether oxygens (including phenoxy) is 1. The van der Waals surface area contributed by atoms with E-state index in [1.807, 2.05) is 32.9 Å². The summed E-state index contributed by atoms with van der Waals surface area (Å²) < 4.78 is 4.97. The zero-order valence-corrected chi connectivity index (χ0v) is 11.4. The van der Waals surface area contributed by atoms with Gasteiger partial charge in [-0.05, 0) is 19.8 Å². The van der Waals surface area contributed by atoms with Crippen molar-refractivity contribution in [2.24, 2.45) is 11.8 Å². The van der Waals surface area contributed by atoms with Gasteiger partial charge in [0.1, 0.15) is 5.92 Å². The zero-order chi connectivity index (χ0) is 13.7. The molecule has 98 valence electrons. The molecule has 18 heavy (non-hydrogen) atoms. The average molecular weight is 248 g/mol. The third kappa shape index (κ3) is 3.42. The van der Waals surface area contributed by atoms with Crippen molar-refractivity contribution in [2.45, 2.75) is 27.7 Å². The Kier molecular flexibility index (Phi) is 5.08. The highest BCUT2D eigenvalue weighted by Crippen LogP contribution is 2.19. The van der Waals surface area contributed by atoms with Crippen LogP contribution in [0.15, 0.2) is 24.3 Å². The monoisotopic (exact) mass is 248 g/mol. The van der Waals surface area contributed by atoms with E-state index in [0.717, 1.165) is 5.56 Å². The largest absolute Gasteiger partial charge is 0.465 e. The van der Waals surface area contributed by atoms with Crippen LogP contribution >= 0.6 is 0 Å². The molecule has 0 aromatic heterocycles. The van der Waals surface area contributed by atoms with Crippen molar-refractivity contribution in [1.82, 2.24) is 0 Å². The van der Waals surface area contributed by atoms with Crippen molar-refractivity contribution in [3.63, 3.8) is 0 Å². The fraction of sp³-hybridized carbons (Fsp3) is 0.467. The molecular formula is C15H20O3. The summed E-state index contributed by atoms with van der Waals surface area (Å²) in [7, 11) is 0. The molecule has 3 heteroatoms. The van der Waals surface area contributed by atoms with Gasteiger partial charge in [0.25, 0.3) is 0 Å². The lowest BCUT2D eigenvalue weighted by Gasteiger charge is -2.17. The SMILES string of the molecule is CCOC(=O)C(C(=O)c1ccc(C)cc1)C(C)C. The minimum absolute atomic E-state index is 0.0714. The van der Waals surface area contributed by atoms with Gasteiger partial charge in [-0.1, -0.05) is 43.7 Å². The fourth-order valence-corrected chi connectivity index (χ4v) is 1.81. The van der Waals surface area contributed by atoms with Gasteiger partial charge in [-0.3, -0.25) is 9.59 Å². The Hall–Kier alpha value is -1.64. The minimum Gasteiger partial charge on any atom is -0.465 e. The summed E-state index contributed by atoms with van der Waals surface area (Å²) >= 11 is 0. The number of carbonyl (C=O) groups is 2. The molecule has 1 aromatic carbocycles. The number of esters is 1. The molecule has 0 saturated heterocycles. The number of hydrogen-bond donors (Lipinski definition) is 0. The molecular weight excluding hydrogens is 228 g/mol. The van der Waals surface area contributed by atoms with Crippen molar-refractivity contribution in [2.75, 3.05) is 6.61 Å². The van der Waals surface area contributed by atoms with E-state index in [2.05, 4.69) is 0 Å². The van der Waals surface area contributed by atoms with Crippen molar-refractivity contribution in [3.05, 3.63) is 35.4 Å². The van der Waals surface area contributed by atoms with Crippen molar-refractivity contribution in [1.29, 1.82) is 0 Å². The number of carbonyl (C=O) groups excluding carboxylic acids is 2. The summed E-state index contributed by atoms with van der Waals surface area (Å²) in [6.07, 6.45) is 0. The second kappa shape index (κ2) is 6.34. The summed E-state index contributed by atoms with van der Waals surface area (Å²) in [5.74, 6) is -1.38. The smallest absolute Gasteiger partial charge is 0.317 e. The number of ketones is 1. The van der Waals surface area contributed by atoms with E-state index in [0.29, 0.717) is 12.2 Å². The molecule has 0 N–H and O–H groups in total. The van der Waals surface area contributed by atoms with E-state index >= 15 is 0 Å². The first kappa shape index (κ1) is 14.4. The van der Waals surface area contributed by atoms with E-state index in [9.17, 15) is 9.59 Å². The maximum Gasteiger partial charge on any atom is 0.317 e. The molecule has 0 bridgehead atoms. The van der Waals surface area contributed by atoms with Gasteiger partial charge < -0.3 is 4.74 Å². The van der Waals surface area contributed by atoms with Gasteiger partial charge in [0.05, 0.1) is 6.61 Å². The topological polar surface area (TPSA) is 43.4 Å². The Labute approximate surface area is 108 Å². The van der Waals surface area contributed by atoms with Gasteiger partial charge in [0, 0.05) is 5.56 Å². The van der Waals surface area contributed by atoms with Crippen LogP contribution in [0.25, 0.3) is 0 Å². The molecule has 0 aliphatic rings. The first-order chi connectivity index (χ1) is 8.47. The predicted molar refractivity (Wildman–Crippen MR) is 70.5 cm³/mol. The Morgan fingerprint density at radius 2 is 1.72 bits per heavy atom. The molecule has 1 unspecified atom stereocenters. The van der Waals surface area contributed by atoms with Crippen LogP contribution in [-0.4, -0.2) is 18.4 Å². The Bertz CT molecular complexity index is 418. The maximum atomic E-state index is 12.3. The third-order valence-electron chi connectivity index (χ3n) is 2.83.